The summed E-state index contributed by atoms with van der Waals surface area (Å²) in [4.78, 5) is 25.1. The van der Waals surface area contributed by atoms with Gasteiger partial charge in [-0.2, -0.15) is 0 Å². The van der Waals surface area contributed by atoms with Crippen LogP contribution in [-0.2, 0) is 29.1 Å². The first kappa shape index (κ1) is 21.4. The van der Waals surface area contributed by atoms with Crippen LogP contribution in [0, 0.1) is 0 Å². The van der Waals surface area contributed by atoms with Crippen molar-refractivity contribution < 1.29 is 14.3 Å². The Morgan fingerprint density at radius 2 is 1.47 bits per heavy atom. The van der Waals surface area contributed by atoms with E-state index in [0.29, 0.717) is 18.0 Å². The minimum atomic E-state index is -0.769. The van der Waals surface area contributed by atoms with E-state index in [0.717, 1.165) is 16.7 Å². The van der Waals surface area contributed by atoms with Crippen molar-refractivity contribution in [2.75, 3.05) is 0 Å². The topological polar surface area (TPSA) is 67.4 Å². The first-order valence-electron chi connectivity index (χ1n) is 9.63. The van der Waals surface area contributed by atoms with Crippen molar-refractivity contribution in [1.29, 1.82) is 0 Å². The average Bonchev–Trinajstić information content (AvgIpc) is 2.77. The van der Waals surface area contributed by atoms with Gasteiger partial charge < -0.3 is 15.4 Å². The molecule has 0 saturated carbocycles. The summed E-state index contributed by atoms with van der Waals surface area (Å²) in [6.45, 7) is 0.445. The van der Waals surface area contributed by atoms with Gasteiger partial charge in [-0.25, -0.2) is 4.79 Å². The number of carbonyl (C=O) groups is 2. The van der Waals surface area contributed by atoms with Crippen LogP contribution in [0.5, 0.6) is 0 Å². The fraction of sp³-hybridized carbons (Fsp3) is 0.167. The molecule has 0 aliphatic carbocycles. The summed E-state index contributed by atoms with van der Waals surface area (Å²) in [5, 5.41) is 6.14. The summed E-state index contributed by atoms with van der Waals surface area (Å²) in [6, 6.07) is 25.4. The minimum absolute atomic E-state index is 0.134. The molecule has 0 heterocycles. The summed E-state index contributed by atoms with van der Waals surface area (Å²) < 4.78 is 5.28. The highest BCUT2D eigenvalue weighted by Gasteiger charge is 2.22. The monoisotopic (exact) mass is 422 g/mol. The van der Waals surface area contributed by atoms with E-state index in [9.17, 15) is 9.59 Å². The number of halogens is 1. The molecule has 3 aromatic rings. The Hall–Kier alpha value is -3.31. The lowest BCUT2D eigenvalue weighted by atomic mass is 10.1. The van der Waals surface area contributed by atoms with Gasteiger partial charge in [0.25, 0.3) is 0 Å². The van der Waals surface area contributed by atoms with Gasteiger partial charge in [0.05, 0.1) is 0 Å². The van der Waals surface area contributed by atoms with Crippen molar-refractivity contribution in [2.45, 2.75) is 25.6 Å². The van der Waals surface area contributed by atoms with Crippen LogP contribution in [0.15, 0.2) is 84.9 Å². The predicted octanol–water partition coefficient (Wildman–Crippen LogP) is 4.49. The summed E-state index contributed by atoms with van der Waals surface area (Å²) in [7, 11) is 0. The molecule has 0 aliphatic heterocycles. The Morgan fingerprint density at radius 3 is 2.13 bits per heavy atom. The lowest BCUT2D eigenvalue weighted by Crippen LogP contribution is -2.48. The predicted molar refractivity (Wildman–Crippen MR) is 117 cm³/mol. The lowest BCUT2D eigenvalue weighted by Gasteiger charge is -2.19. The Kier molecular flexibility index (Phi) is 7.86. The third-order valence-corrected chi connectivity index (χ3v) is 4.69. The van der Waals surface area contributed by atoms with E-state index in [1.807, 2.05) is 72.8 Å². The molecule has 30 heavy (non-hydrogen) atoms. The molecule has 1 atom stereocenters. The maximum absolute atomic E-state index is 12.8. The quantitative estimate of drug-likeness (QED) is 0.561. The zero-order valence-electron chi connectivity index (χ0n) is 16.4. The van der Waals surface area contributed by atoms with E-state index in [-0.39, 0.29) is 12.5 Å². The summed E-state index contributed by atoms with van der Waals surface area (Å²) in [5.41, 5.74) is 2.68. The standard InChI is InChI=1S/C24H23ClN2O3/c25-21-13-7-12-20(14-21)16-26-23(28)22(15-18-8-3-1-4-9-18)27-24(29)30-17-19-10-5-2-6-11-19/h1-14,22H,15-17H2,(H,26,28)(H,27,29)/t22-/m0/s1. The van der Waals surface area contributed by atoms with Gasteiger partial charge in [0, 0.05) is 18.0 Å². The number of rotatable bonds is 8. The zero-order chi connectivity index (χ0) is 21.2. The molecule has 0 aromatic heterocycles. The summed E-state index contributed by atoms with van der Waals surface area (Å²) >= 11 is 6.00. The van der Waals surface area contributed by atoms with Crippen molar-refractivity contribution in [3.63, 3.8) is 0 Å². The molecule has 3 rings (SSSR count). The van der Waals surface area contributed by atoms with Crippen LogP contribution in [0.25, 0.3) is 0 Å². The second-order valence-electron chi connectivity index (χ2n) is 6.80. The molecule has 0 bridgehead atoms. The fourth-order valence-electron chi connectivity index (χ4n) is 2.93. The number of carbonyl (C=O) groups excluding carboxylic acids is 2. The number of nitrogens with one attached hydrogen (secondary N) is 2. The molecule has 3 aromatic carbocycles. The molecule has 6 heteroatoms. The molecule has 0 fully saturated rings. The van der Waals surface area contributed by atoms with Crippen LogP contribution in [0.2, 0.25) is 5.02 Å². The SMILES string of the molecule is O=C(N[C@@H](Cc1ccccc1)C(=O)NCc1cccc(Cl)c1)OCc1ccccc1. The van der Waals surface area contributed by atoms with Gasteiger partial charge in [0.2, 0.25) is 5.91 Å². The van der Waals surface area contributed by atoms with Crippen LogP contribution in [0.1, 0.15) is 16.7 Å². The molecule has 0 saturated heterocycles. The second-order valence-corrected chi connectivity index (χ2v) is 7.23. The first-order chi connectivity index (χ1) is 14.6. The third-order valence-electron chi connectivity index (χ3n) is 4.46. The van der Waals surface area contributed by atoms with Crippen LogP contribution in [0.3, 0.4) is 0 Å². The van der Waals surface area contributed by atoms with Gasteiger partial charge in [-0.15, -0.1) is 0 Å². The average molecular weight is 423 g/mol. The highest BCUT2D eigenvalue weighted by atomic mass is 35.5. The van der Waals surface area contributed by atoms with E-state index in [1.165, 1.54) is 0 Å². The Morgan fingerprint density at radius 1 is 0.833 bits per heavy atom. The summed E-state index contributed by atoms with van der Waals surface area (Å²) in [5.74, 6) is -0.296. The number of benzene rings is 3. The number of hydrogen-bond acceptors (Lipinski definition) is 3. The van der Waals surface area contributed by atoms with Gasteiger partial charge in [-0.1, -0.05) is 84.4 Å². The van der Waals surface area contributed by atoms with Crippen LogP contribution >= 0.6 is 11.6 Å². The summed E-state index contributed by atoms with van der Waals surface area (Å²) in [6.07, 6.45) is -0.291. The Labute approximate surface area is 181 Å². The molecule has 0 unspecified atom stereocenters. The molecule has 2 amide bonds. The molecule has 2 N–H and O–H groups in total. The van der Waals surface area contributed by atoms with Gasteiger partial charge in [0.15, 0.2) is 0 Å². The zero-order valence-corrected chi connectivity index (χ0v) is 17.1. The van der Waals surface area contributed by atoms with E-state index in [2.05, 4.69) is 10.6 Å². The molecule has 0 spiro atoms. The maximum Gasteiger partial charge on any atom is 0.408 e. The minimum Gasteiger partial charge on any atom is -0.445 e. The van der Waals surface area contributed by atoms with Crippen molar-refractivity contribution in [3.05, 3.63) is 107 Å². The lowest BCUT2D eigenvalue weighted by molar-refractivity contribution is -0.123. The largest absolute Gasteiger partial charge is 0.445 e. The van der Waals surface area contributed by atoms with E-state index < -0.39 is 12.1 Å². The molecule has 0 radical (unpaired) electrons. The Bertz CT molecular complexity index is 964. The molecule has 154 valence electrons. The molecule has 5 nitrogen and oxygen atoms in total. The van der Waals surface area contributed by atoms with Crippen LogP contribution in [-0.4, -0.2) is 18.0 Å². The second kappa shape index (κ2) is 11.0. The van der Waals surface area contributed by atoms with Crippen molar-refractivity contribution >= 4 is 23.6 Å². The van der Waals surface area contributed by atoms with Gasteiger partial charge in [-0.05, 0) is 28.8 Å². The number of alkyl carbamates (subject to hydrolysis) is 1. The number of ether oxygens (including phenoxy) is 1. The smallest absolute Gasteiger partial charge is 0.408 e. The maximum atomic E-state index is 12.8. The molecular weight excluding hydrogens is 400 g/mol. The normalized spacial score (nSPS) is 11.4. The third kappa shape index (κ3) is 6.94. The highest BCUT2D eigenvalue weighted by Crippen LogP contribution is 2.11. The van der Waals surface area contributed by atoms with Crippen molar-refractivity contribution in [1.82, 2.24) is 10.6 Å². The number of hydrogen-bond donors (Lipinski definition) is 2. The van der Waals surface area contributed by atoms with E-state index in [1.54, 1.807) is 12.1 Å². The van der Waals surface area contributed by atoms with Gasteiger partial charge >= 0.3 is 6.09 Å². The van der Waals surface area contributed by atoms with Crippen LogP contribution in [0.4, 0.5) is 4.79 Å². The Balaban J connectivity index is 1.61. The van der Waals surface area contributed by atoms with Crippen LogP contribution < -0.4 is 10.6 Å². The fourth-order valence-corrected chi connectivity index (χ4v) is 3.14. The van der Waals surface area contributed by atoms with Crippen molar-refractivity contribution in [3.8, 4) is 0 Å². The molecular formula is C24H23ClN2O3. The van der Waals surface area contributed by atoms with Gasteiger partial charge in [0.1, 0.15) is 12.6 Å². The van der Waals surface area contributed by atoms with E-state index >= 15 is 0 Å². The van der Waals surface area contributed by atoms with E-state index in [4.69, 9.17) is 16.3 Å². The van der Waals surface area contributed by atoms with Crippen molar-refractivity contribution in [2.24, 2.45) is 0 Å². The number of amides is 2. The first-order valence-corrected chi connectivity index (χ1v) is 10.0. The highest BCUT2D eigenvalue weighted by molar-refractivity contribution is 6.30. The van der Waals surface area contributed by atoms with Gasteiger partial charge in [-0.3, -0.25) is 4.79 Å². The molecule has 0 aliphatic rings.